The molecular weight excluding hydrogens is 841 g/mol. The van der Waals surface area contributed by atoms with Crippen molar-refractivity contribution in [1.29, 1.82) is 0 Å². The summed E-state index contributed by atoms with van der Waals surface area (Å²) in [5.74, 6) is -0.646. The Morgan fingerprint density at radius 2 is 1.24 bits per heavy atom. The number of anilines is 3. The van der Waals surface area contributed by atoms with Gasteiger partial charge in [0.1, 0.15) is 0 Å². The minimum atomic E-state index is -0.695. The summed E-state index contributed by atoms with van der Waals surface area (Å²) in [7, 11) is 0. The molecule has 1 fully saturated rings. The van der Waals surface area contributed by atoms with E-state index in [-0.39, 0.29) is 34.2 Å². The number of carbonyl (C=O) groups excluding carboxylic acids is 1. The van der Waals surface area contributed by atoms with E-state index in [1.807, 2.05) is 31.2 Å². The minimum absolute atomic E-state index is 0. The molecule has 59 heavy (non-hydrogen) atoms. The zero-order chi connectivity index (χ0) is 41.1. The van der Waals surface area contributed by atoms with Crippen molar-refractivity contribution in [2.75, 3.05) is 28.2 Å². The summed E-state index contributed by atoms with van der Waals surface area (Å²) in [4.78, 5) is 27.0. The second-order valence-corrected chi connectivity index (χ2v) is 17.1. The molecule has 3 aliphatic rings. The van der Waals surface area contributed by atoms with Crippen LogP contribution in [0.4, 0.5) is 17.1 Å². The Morgan fingerprint density at radius 1 is 0.712 bits per heavy atom. The third-order valence-corrected chi connectivity index (χ3v) is 12.9. The Morgan fingerprint density at radius 3 is 1.78 bits per heavy atom. The van der Waals surface area contributed by atoms with Crippen LogP contribution in [-0.4, -0.2) is 32.3 Å². The van der Waals surface area contributed by atoms with Gasteiger partial charge in [0.15, 0.2) is 5.78 Å². The van der Waals surface area contributed by atoms with Gasteiger partial charge in [0.25, 0.3) is 0 Å². The molecule has 1 aliphatic heterocycles. The fraction of sp³-hybridized carbons (Fsp3) is 0.180. The first-order valence-corrected chi connectivity index (χ1v) is 21.1. The van der Waals surface area contributed by atoms with Crippen LogP contribution < -0.4 is 27.5 Å². The van der Waals surface area contributed by atoms with E-state index in [4.69, 9.17) is 0 Å². The third-order valence-electron chi connectivity index (χ3n) is 10.4. The van der Waals surface area contributed by atoms with Crippen molar-refractivity contribution in [1.82, 2.24) is 0 Å². The largest absolute Gasteiger partial charge is 1.00 e. The number of fused-ring (bicyclic) bond motifs is 1. The van der Waals surface area contributed by atoms with E-state index in [0.29, 0.717) is 0 Å². The van der Waals surface area contributed by atoms with E-state index in [1.165, 1.54) is 87.8 Å². The summed E-state index contributed by atoms with van der Waals surface area (Å²) in [5, 5.41) is 13.6. The van der Waals surface area contributed by atoms with Crippen LogP contribution in [0.2, 0.25) is 0 Å². The summed E-state index contributed by atoms with van der Waals surface area (Å²) in [5.41, 5.74) is 17.9. The standard InChI is InChI=1S/C21H26N2.C15H10.C14H11N2O3.ClH.Ru/c1-14-9-16(3)20(17(4)10-14)22-7-8-23(13-22)21-18(5)11-15(2)12-19(21)6;1-2-6-12(7-3-1)15-11-10-13-8-4-5-9-14(13)15;1-10-5-7-12(8-6-10)15-9-11-3-2-4-13(14(11)17)16(18)19;;/h9-12H,7-8H2,1-6H3;1-9,11H;2,4-9,15H,1H3;1H;/q;;-1;;/p-1/b;;11-9-;;. The first-order chi connectivity index (χ1) is 27.9. The predicted molar refractivity (Wildman–Crippen MR) is 236 cm³/mol. The van der Waals surface area contributed by atoms with Crippen molar-refractivity contribution >= 4 is 36.9 Å². The summed E-state index contributed by atoms with van der Waals surface area (Å²) < 4.78 is 2.94. The monoisotopic (exact) mass is 888 g/mol. The Kier molecular flexibility index (Phi) is 13.3. The number of rotatable bonds is 6. The van der Waals surface area contributed by atoms with Gasteiger partial charge >= 0.3 is 241 Å². The van der Waals surface area contributed by atoms with Gasteiger partial charge in [0, 0.05) is 10.6 Å². The zero-order valence-electron chi connectivity index (χ0n) is 34.3. The molecule has 0 bridgehead atoms. The normalized spacial score (nSPS) is 15.0. The van der Waals surface area contributed by atoms with E-state index in [2.05, 4.69) is 148 Å². The van der Waals surface area contributed by atoms with Gasteiger partial charge in [-0.2, -0.15) is 0 Å². The third kappa shape index (κ3) is 9.25. The predicted octanol–water partition coefficient (Wildman–Crippen LogP) is 7.10. The van der Waals surface area contributed by atoms with Crippen molar-refractivity contribution in [2.24, 2.45) is 0 Å². The van der Waals surface area contributed by atoms with Crippen LogP contribution in [0.3, 0.4) is 0 Å². The summed E-state index contributed by atoms with van der Waals surface area (Å²) in [6.45, 7) is 17.5. The Hall–Kier alpha value is -5.82. The molecule has 0 radical (unpaired) electrons. The number of nitrogens with zero attached hydrogens (tertiary/aromatic N) is 3. The van der Waals surface area contributed by atoms with Crippen LogP contribution in [0.5, 0.6) is 0 Å². The number of halogens is 1. The number of hydrogen-bond acceptors (Lipinski definition) is 6. The Labute approximate surface area is 360 Å². The van der Waals surface area contributed by atoms with E-state index < -0.39 is 16.4 Å². The molecule has 5 aromatic rings. The fourth-order valence-electron chi connectivity index (χ4n) is 7.98. The summed E-state index contributed by atoms with van der Waals surface area (Å²) in [6, 6.07) is 36.8. The van der Waals surface area contributed by atoms with Crippen molar-refractivity contribution in [3.05, 3.63) is 211 Å². The molecule has 1 N–H and O–H groups in total. The van der Waals surface area contributed by atoms with E-state index in [0.717, 1.165) is 30.4 Å². The van der Waals surface area contributed by atoms with E-state index in [9.17, 15) is 14.9 Å². The minimum Gasteiger partial charge on any atom is -1.00 e. The van der Waals surface area contributed by atoms with Crippen molar-refractivity contribution in [3.8, 4) is 0 Å². The van der Waals surface area contributed by atoms with Crippen molar-refractivity contribution in [2.45, 2.75) is 48.5 Å². The smallest absolute Gasteiger partial charge is 0.237 e. The molecular formula is C50H47ClN4O3Ru-2. The fourth-order valence-corrected chi connectivity index (χ4v) is 10.6. The Bertz CT molecular complexity index is 2540. The molecule has 8 rings (SSSR count). The van der Waals surface area contributed by atoms with E-state index in [1.54, 1.807) is 0 Å². The van der Waals surface area contributed by atoms with Crippen LogP contribution in [0.25, 0.3) is 5.57 Å². The number of benzene rings is 5. The molecule has 0 aromatic heterocycles. The maximum atomic E-state index is 11.7. The molecule has 1 heterocycles. The molecule has 5 aromatic carbocycles. The maximum Gasteiger partial charge on any atom is 0.237 e. The molecule has 0 amide bonds. The average molecular weight is 888 g/mol. The number of carbonyl (C=O) groups is 1. The van der Waals surface area contributed by atoms with Crippen LogP contribution in [-0.2, 0) is 21.0 Å². The number of allylic oxidation sites excluding steroid dienone is 5. The summed E-state index contributed by atoms with van der Waals surface area (Å²) >= 11 is -0.233. The van der Waals surface area contributed by atoms with Gasteiger partial charge < -0.3 is 22.5 Å². The Balaban J connectivity index is 0.000000247. The average Bonchev–Trinajstić information content (AvgIpc) is 3.76. The van der Waals surface area contributed by atoms with Crippen molar-refractivity contribution < 1.29 is 38.3 Å². The van der Waals surface area contributed by atoms with Gasteiger partial charge in [-0.1, -0.05) is 35.5 Å². The molecule has 1 saturated heterocycles. The van der Waals surface area contributed by atoms with Gasteiger partial charge in [-0.25, -0.2) is 0 Å². The number of Topliss-reactive ketones (excluding diaryl/α,β-unsaturated/α-hetero) is 1. The van der Waals surface area contributed by atoms with Crippen LogP contribution in [0.15, 0.2) is 139 Å². The molecule has 7 nitrogen and oxygen atoms in total. The molecule has 9 heteroatoms. The number of hydrogen-bond donors (Lipinski definition) is 1. The molecule has 302 valence electrons. The maximum absolute atomic E-state index is 11.7. The molecule has 0 spiro atoms. The zero-order valence-corrected chi connectivity index (χ0v) is 36.8. The molecule has 0 atom stereocenters. The molecule has 0 saturated carbocycles. The first kappa shape index (κ1) is 42.8. The van der Waals surface area contributed by atoms with Gasteiger partial charge in [-0.05, 0) is 19.1 Å². The number of nitro groups is 1. The number of aryl methyl sites for hydroxylation is 7. The SMILES string of the molecule is Cc1cc(C)c(N2CCN(c3c(C)cc(C)cc3C)[C]2=[Ru]=[C]2C=C(c3ccccc3)c3ccccc32)c(C)c1.Cc1ccc(N/C=C2/[C-]=CC=C([N+](=O)[O-])C2=O)cc1.[Cl-]. The van der Waals surface area contributed by atoms with Crippen LogP contribution in [0.1, 0.15) is 55.6 Å². The van der Waals surface area contributed by atoms with Crippen LogP contribution >= 0.6 is 0 Å². The van der Waals surface area contributed by atoms with Gasteiger partial charge in [-0.3, -0.25) is 10.1 Å². The second-order valence-electron chi connectivity index (χ2n) is 15.0. The summed E-state index contributed by atoms with van der Waals surface area (Å²) in [6.07, 6.45) is 9.08. The van der Waals surface area contributed by atoms with Gasteiger partial charge in [-0.15, -0.1) is 12.2 Å². The van der Waals surface area contributed by atoms with Crippen LogP contribution in [0, 0.1) is 64.7 Å². The molecule has 2 aliphatic carbocycles. The van der Waals surface area contributed by atoms with Crippen molar-refractivity contribution in [3.63, 3.8) is 0 Å². The second kappa shape index (κ2) is 18.4. The number of nitrogens with one attached hydrogen (secondary N) is 1. The topological polar surface area (TPSA) is 78.7 Å². The van der Waals surface area contributed by atoms with E-state index >= 15 is 0 Å². The van der Waals surface area contributed by atoms with Gasteiger partial charge in [0.2, 0.25) is 5.70 Å². The first-order valence-electron chi connectivity index (χ1n) is 19.4. The van der Waals surface area contributed by atoms with Gasteiger partial charge in [0.05, 0.1) is 0 Å². The molecule has 0 unspecified atom stereocenters. The quantitative estimate of drug-likeness (QED) is 0.0646. The number of ketones is 1.